The van der Waals surface area contributed by atoms with Gasteiger partial charge in [0.15, 0.2) is 0 Å². The highest BCUT2D eigenvalue weighted by Crippen LogP contribution is 2.27. The number of likely N-dealkylation sites (tertiary alicyclic amines) is 1. The smallest absolute Gasteiger partial charge is 0.253 e. The first-order valence-electron chi connectivity index (χ1n) is 8.56. The maximum absolute atomic E-state index is 12.6. The van der Waals surface area contributed by atoms with E-state index in [1.54, 1.807) is 18.2 Å². The second kappa shape index (κ2) is 8.11. The van der Waals surface area contributed by atoms with E-state index in [1.165, 1.54) is 0 Å². The topological polar surface area (TPSA) is 49.4 Å². The van der Waals surface area contributed by atoms with Gasteiger partial charge in [-0.15, -0.1) is 0 Å². The summed E-state index contributed by atoms with van der Waals surface area (Å²) in [7, 11) is 0. The zero-order valence-electron chi connectivity index (χ0n) is 14.5. The van der Waals surface area contributed by atoms with E-state index in [4.69, 9.17) is 23.2 Å². The van der Waals surface area contributed by atoms with Crippen molar-refractivity contribution in [2.75, 3.05) is 18.4 Å². The van der Waals surface area contributed by atoms with E-state index in [-0.39, 0.29) is 17.7 Å². The average molecular weight is 391 g/mol. The van der Waals surface area contributed by atoms with Gasteiger partial charge in [0.25, 0.3) is 5.91 Å². The van der Waals surface area contributed by atoms with E-state index >= 15 is 0 Å². The van der Waals surface area contributed by atoms with Gasteiger partial charge < -0.3 is 10.2 Å². The number of carbonyl (C=O) groups is 2. The van der Waals surface area contributed by atoms with Crippen LogP contribution in [0.15, 0.2) is 42.5 Å². The molecule has 0 saturated carbocycles. The van der Waals surface area contributed by atoms with Crippen molar-refractivity contribution in [2.24, 2.45) is 5.92 Å². The molecule has 0 bridgehead atoms. The molecule has 3 rings (SSSR count). The predicted octanol–water partition coefficient (Wildman–Crippen LogP) is 4.79. The number of carbonyl (C=O) groups excluding carboxylic acids is 2. The highest BCUT2D eigenvalue weighted by molar-refractivity contribution is 6.36. The third kappa shape index (κ3) is 4.37. The molecule has 2 amide bonds. The number of benzene rings is 2. The lowest BCUT2D eigenvalue weighted by Crippen LogP contribution is -2.41. The molecule has 136 valence electrons. The molecular weight excluding hydrogens is 371 g/mol. The van der Waals surface area contributed by atoms with Gasteiger partial charge in [-0.05, 0) is 50.1 Å². The minimum absolute atomic E-state index is 0.0216. The maximum atomic E-state index is 12.6. The molecule has 2 aromatic rings. The van der Waals surface area contributed by atoms with Crippen molar-refractivity contribution in [3.63, 3.8) is 0 Å². The van der Waals surface area contributed by atoms with Crippen LogP contribution in [-0.4, -0.2) is 29.8 Å². The number of piperidine rings is 1. The Balaban J connectivity index is 1.57. The fraction of sp³-hybridized carbons (Fsp3) is 0.300. The summed E-state index contributed by atoms with van der Waals surface area (Å²) in [4.78, 5) is 26.9. The second-order valence-electron chi connectivity index (χ2n) is 6.55. The van der Waals surface area contributed by atoms with E-state index in [1.807, 2.05) is 36.1 Å². The molecule has 1 N–H and O–H groups in total. The van der Waals surface area contributed by atoms with Gasteiger partial charge in [-0.3, -0.25) is 9.59 Å². The molecular formula is C20H20Cl2N2O2. The Labute approximate surface area is 163 Å². The largest absolute Gasteiger partial charge is 0.339 e. The summed E-state index contributed by atoms with van der Waals surface area (Å²) in [6.07, 6.45) is 1.27. The molecule has 1 saturated heterocycles. The predicted molar refractivity (Wildman–Crippen MR) is 105 cm³/mol. The first-order valence-corrected chi connectivity index (χ1v) is 9.31. The van der Waals surface area contributed by atoms with Crippen molar-refractivity contribution in [2.45, 2.75) is 19.8 Å². The number of nitrogens with zero attached hydrogens (tertiary/aromatic N) is 1. The number of hydrogen-bond acceptors (Lipinski definition) is 2. The monoisotopic (exact) mass is 390 g/mol. The molecule has 1 aliphatic rings. The summed E-state index contributed by atoms with van der Waals surface area (Å²) in [5.41, 5.74) is 2.31. The summed E-state index contributed by atoms with van der Waals surface area (Å²) >= 11 is 12.0. The van der Waals surface area contributed by atoms with Gasteiger partial charge in [-0.1, -0.05) is 40.9 Å². The third-order valence-electron chi connectivity index (χ3n) is 4.61. The molecule has 1 heterocycles. The zero-order chi connectivity index (χ0) is 18.7. The standard InChI is InChI=1S/C20H20Cl2N2O2/c1-13-3-2-4-15(11-13)20(26)24-9-7-14(8-10-24)19(25)23-18-6-5-16(21)12-17(18)22/h2-6,11-12,14H,7-10H2,1H3,(H,23,25). The Morgan fingerprint density at radius 3 is 2.46 bits per heavy atom. The van der Waals surface area contributed by atoms with Gasteiger partial charge in [-0.25, -0.2) is 0 Å². The molecule has 1 fully saturated rings. The van der Waals surface area contributed by atoms with Gasteiger partial charge in [0, 0.05) is 29.6 Å². The van der Waals surface area contributed by atoms with Crippen LogP contribution in [0, 0.1) is 12.8 Å². The first-order chi connectivity index (χ1) is 12.4. The van der Waals surface area contributed by atoms with Crippen LogP contribution < -0.4 is 5.32 Å². The molecule has 0 aliphatic carbocycles. The van der Waals surface area contributed by atoms with Gasteiger partial charge in [-0.2, -0.15) is 0 Å². The van der Waals surface area contributed by atoms with Crippen LogP contribution in [-0.2, 0) is 4.79 Å². The summed E-state index contributed by atoms with van der Waals surface area (Å²) in [5, 5.41) is 3.80. The SMILES string of the molecule is Cc1cccc(C(=O)N2CCC(C(=O)Nc3ccc(Cl)cc3Cl)CC2)c1. The zero-order valence-corrected chi connectivity index (χ0v) is 16.0. The quantitative estimate of drug-likeness (QED) is 0.818. The molecule has 0 unspecified atom stereocenters. The van der Waals surface area contributed by atoms with Crippen molar-refractivity contribution in [1.82, 2.24) is 4.90 Å². The fourth-order valence-corrected chi connectivity index (χ4v) is 3.59. The average Bonchev–Trinajstić information content (AvgIpc) is 2.63. The fourth-order valence-electron chi connectivity index (χ4n) is 3.13. The maximum Gasteiger partial charge on any atom is 0.253 e. The van der Waals surface area contributed by atoms with E-state index < -0.39 is 0 Å². The molecule has 26 heavy (non-hydrogen) atoms. The van der Waals surface area contributed by atoms with Gasteiger partial charge in [0.05, 0.1) is 10.7 Å². The number of rotatable bonds is 3. The molecule has 4 nitrogen and oxygen atoms in total. The highest BCUT2D eigenvalue weighted by atomic mass is 35.5. The molecule has 0 spiro atoms. The summed E-state index contributed by atoms with van der Waals surface area (Å²) in [6.45, 7) is 3.10. The van der Waals surface area contributed by atoms with Crippen molar-refractivity contribution in [1.29, 1.82) is 0 Å². The molecule has 1 aliphatic heterocycles. The van der Waals surface area contributed by atoms with Crippen molar-refractivity contribution in [3.05, 3.63) is 63.6 Å². The first kappa shape index (κ1) is 18.7. The van der Waals surface area contributed by atoms with Gasteiger partial charge in [0.1, 0.15) is 0 Å². The van der Waals surface area contributed by atoms with Crippen LogP contribution >= 0.6 is 23.2 Å². The lowest BCUT2D eigenvalue weighted by atomic mass is 9.95. The summed E-state index contributed by atoms with van der Waals surface area (Å²) in [5.74, 6) is -0.187. The second-order valence-corrected chi connectivity index (χ2v) is 7.39. The molecule has 0 atom stereocenters. The number of halogens is 2. The normalized spacial score (nSPS) is 15.0. The Morgan fingerprint density at radius 2 is 1.81 bits per heavy atom. The van der Waals surface area contributed by atoms with Gasteiger partial charge in [0.2, 0.25) is 5.91 Å². The lowest BCUT2D eigenvalue weighted by molar-refractivity contribution is -0.121. The van der Waals surface area contributed by atoms with Crippen LogP contribution in [0.4, 0.5) is 5.69 Å². The van der Waals surface area contributed by atoms with E-state index in [0.29, 0.717) is 47.2 Å². The van der Waals surface area contributed by atoms with Crippen molar-refractivity contribution < 1.29 is 9.59 Å². The number of nitrogens with one attached hydrogen (secondary N) is 1. The Morgan fingerprint density at radius 1 is 1.08 bits per heavy atom. The molecule has 0 radical (unpaired) electrons. The van der Waals surface area contributed by atoms with E-state index in [0.717, 1.165) is 5.56 Å². The Kier molecular flexibility index (Phi) is 5.84. The van der Waals surface area contributed by atoms with Crippen LogP contribution in [0.25, 0.3) is 0 Å². The number of anilines is 1. The Bertz CT molecular complexity index is 830. The van der Waals surface area contributed by atoms with E-state index in [9.17, 15) is 9.59 Å². The minimum Gasteiger partial charge on any atom is -0.339 e. The van der Waals surface area contributed by atoms with Crippen LogP contribution in [0.3, 0.4) is 0 Å². The number of aryl methyl sites for hydroxylation is 1. The van der Waals surface area contributed by atoms with Crippen molar-refractivity contribution >= 4 is 40.7 Å². The molecule has 2 aromatic carbocycles. The van der Waals surface area contributed by atoms with Crippen LogP contribution in [0.5, 0.6) is 0 Å². The summed E-state index contributed by atoms with van der Waals surface area (Å²) < 4.78 is 0. The summed E-state index contributed by atoms with van der Waals surface area (Å²) in [6, 6.07) is 12.6. The Hall–Kier alpha value is -2.04. The molecule has 0 aromatic heterocycles. The van der Waals surface area contributed by atoms with Crippen LogP contribution in [0.2, 0.25) is 10.0 Å². The van der Waals surface area contributed by atoms with Crippen LogP contribution in [0.1, 0.15) is 28.8 Å². The number of hydrogen-bond donors (Lipinski definition) is 1. The van der Waals surface area contributed by atoms with E-state index in [2.05, 4.69) is 5.32 Å². The van der Waals surface area contributed by atoms with Crippen molar-refractivity contribution in [3.8, 4) is 0 Å². The molecule has 6 heteroatoms. The minimum atomic E-state index is -0.136. The lowest BCUT2D eigenvalue weighted by Gasteiger charge is -2.31. The highest BCUT2D eigenvalue weighted by Gasteiger charge is 2.28. The van der Waals surface area contributed by atoms with Gasteiger partial charge >= 0.3 is 0 Å². The third-order valence-corrected chi connectivity index (χ3v) is 5.15. The number of amides is 2.